The van der Waals surface area contributed by atoms with E-state index in [-0.39, 0.29) is 12.4 Å². The average Bonchev–Trinajstić information content (AvgIpc) is 3.09. The quantitative estimate of drug-likeness (QED) is 0.856. The molecule has 0 aliphatic carbocycles. The van der Waals surface area contributed by atoms with E-state index in [0.717, 1.165) is 18.5 Å². The first-order valence-corrected chi connectivity index (χ1v) is 7.81. The fraction of sp³-hybridized carbons (Fsp3) is 0.412. The van der Waals surface area contributed by atoms with Crippen LogP contribution >= 0.6 is 0 Å². The fourth-order valence-electron chi connectivity index (χ4n) is 2.88. The SMILES string of the molecule is CCOC(=O)OC1CN(CCc2c[nH]c3ccccc23)CC1=O. The molecule has 0 amide bonds. The second-order valence-corrected chi connectivity index (χ2v) is 5.60. The van der Waals surface area contributed by atoms with Crippen molar-refractivity contribution in [3.63, 3.8) is 0 Å². The molecule has 1 unspecified atom stereocenters. The van der Waals surface area contributed by atoms with Gasteiger partial charge in [-0.3, -0.25) is 9.69 Å². The minimum Gasteiger partial charge on any atom is -0.435 e. The van der Waals surface area contributed by atoms with Crippen molar-refractivity contribution >= 4 is 22.8 Å². The van der Waals surface area contributed by atoms with E-state index in [2.05, 4.69) is 11.1 Å². The van der Waals surface area contributed by atoms with Crippen molar-refractivity contribution in [3.05, 3.63) is 36.0 Å². The minimum atomic E-state index is -0.774. The molecule has 23 heavy (non-hydrogen) atoms. The number of carbonyl (C=O) groups is 2. The normalized spacial score (nSPS) is 18.5. The van der Waals surface area contributed by atoms with Gasteiger partial charge in [0.05, 0.1) is 13.2 Å². The summed E-state index contributed by atoms with van der Waals surface area (Å²) in [5, 5.41) is 1.21. The van der Waals surface area contributed by atoms with Crippen LogP contribution in [0.3, 0.4) is 0 Å². The molecule has 1 aromatic carbocycles. The number of aromatic nitrogens is 1. The summed E-state index contributed by atoms with van der Waals surface area (Å²) in [5.41, 5.74) is 2.34. The molecule has 3 rings (SSSR count). The van der Waals surface area contributed by atoms with Crippen molar-refractivity contribution in [2.45, 2.75) is 19.4 Å². The number of benzene rings is 1. The third kappa shape index (κ3) is 3.53. The molecule has 2 heterocycles. The lowest BCUT2D eigenvalue weighted by Crippen LogP contribution is -2.28. The zero-order valence-corrected chi connectivity index (χ0v) is 13.1. The van der Waals surface area contributed by atoms with Gasteiger partial charge < -0.3 is 14.5 Å². The van der Waals surface area contributed by atoms with Crippen LogP contribution in [-0.2, 0) is 20.7 Å². The maximum Gasteiger partial charge on any atom is 0.509 e. The van der Waals surface area contributed by atoms with Gasteiger partial charge in [-0.25, -0.2) is 4.79 Å². The van der Waals surface area contributed by atoms with Gasteiger partial charge in [-0.2, -0.15) is 0 Å². The van der Waals surface area contributed by atoms with Crippen LogP contribution in [0.4, 0.5) is 4.79 Å². The van der Waals surface area contributed by atoms with Gasteiger partial charge in [-0.1, -0.05) is 18.2 Å². The van der Waals surface area contributed by atoms with E-state index in [4.69, 9.17) is 9.47 Å². The van der Waals surface area contributed by atoms with Gasteiger partial charge in [0.25, 0.3) is 0 Å². The van der Waals surface area contributed by atoms with E-state index in [9.17, 15) is 9.59 Å². The maximum atomic E-state index is 11.9. The summed E-state index contributed by atoms with van der Waals surface area (Å²) in [5.74, 6) is -0.0722. The number of nitrogens with one attached hydrogen (secondary N) is 1. The van der Waals surface area contributed by atoms with E-state index in [0.29, 0.717) is 13.1 Å². The van der Waals surface area contributed by atoms with Crippen LogP contribution in [0, 0.1) is 0 Å². The lowest BCUT2D eigenvalue weighted by atomic mass is 10.1. The second kappa shape index (κ2) is 6.83. The molecule has 122 valence electrons. The molecule has 1 aliphatic heterocycles. The molecule has 0 radical (unpaired) electrons. The third-order valence-corrected chi connectivity index (χ3v) is 4.04. The standard InChI is InChI=1S/C17H20N2O4/c1-2-22-17(21)23-16-11-19(10-15(16)20)8-7-12-9-18-14-6-4-3-5-13(12)14/h3-6,9,16,18H,2,7-8,10-11H2,1H3. The largest absolute Gasteiger partial charge is 0.509 e. The Kier molecular flexibility index (Phi) is 4.62. The maximum absolute atomic E-state index is 11.9. The predicted molar refractivity (Wildman–Crippen MR) is 85.3 cm³/mol. The lowest BCUT2D eigenvalue weighted by Gasteiger charge is -2.14. The Bertz CT molecular complexity index is 709. The Morgan fingerprint density at radius 3 is 3.04 bits per heavy atom. The van der Waals surface area contributed by atoms with Crippen molar-refractivity contribution in [1.82, 2.24) is 9.88 Å². The van der Waals surface area contributed by atoms with E-state index >= 15 is 0 Å². The van der Waals surface area contributed by atoms with Crippen LogP contribution in [0.15, 0.2) is 30.5 Å². The molecular formula is C17H20N2O4. The first-order valence-electron chi connectivity index (χ1n) is 7.81. The number of rotatable bonds is 5. The summed E-state index contributed by atoms with van der Waals surface area (Å²) in [7, 11) is 0. The Morgan fingerprint density at radius 2 is 2.22 bits per heavy atom. The molecule has 0 bridgehead atoms. The minimum absolute atomic E-state index is 0.0722. The first-order chi connectivity index (χ1) is 11.2. The molecule has 1 N–H and O–H groups in total. The van der Waals surface area contributed by atoms with Crippen LogP contribution in [0.1, 0.15) is 12.5 Å². The Balaban J connectivity index is 1.55. The molecule has 6 heteroatoms. The zero-order valence-electron chi connectivity index (χ0n) is 13.1. The molecule has 1 aromatic heterocycles. The molecular weight excluding hydrogens is 296 g/mol. The topological polar surface area (TPSA) is 71.6 Å². The number of para-hydroxylation sites is 1. The average molecular weight is 316 g/mol. The number of ether oxygens (including phenoxy) is 2. The van der Waals surface area contributed by atoms with Gasteiger partial charge in [0.2, 0.25) is 0 Å². The van der Waals surface area contributed by atoms with Crippen molar-refractivity contribution in [2.75, 3.05) is 26.2 Å². The van der Waals surface area contributed by atoms with Crippen molar-refractivity contribution in [1.29, 1.82) is 0 Å². The number of aromatic amines is 1. The highest BCUT2D eigenvalue weighted by Crippen LogP contribution is 2.19. The van der Waals surface area contributed by atoms with E-state index in [1.807, 2.05) is 29.3 Å². The number of Topliss-reactive ketones (excluding diaryl/α,β-unsaturated/α-hetero) is 1. The van der Waals surface area contributed by atoms with Crippen LogP contribution in [-0.4, -0.2) is 54.2 Å². The number of ketones is 1. The van der Waals surface area contributed by atoms with Crippen molar-refractivity contribution < 1.29 is 19.1 Å². The molecule has 6 nitrogen and oxygen atoms in total. The van der Waals surface area contributed by atoms with Gasteiger partial charge in [-0.15, -0.1) is 0 Å². The van der Waals surface area contributed by atoms with Crippen LogP contribution in [0.25, 0.3) is 10.9 Å². The number of hydrogen-bond donors (Lipinski definition) is 1. The highest BCUT2D eigenvalue weighted by atomic mass is 16.7. The summed E-state index contributed by atoms with van der Waals surface area (Å²) in [6.45, 7) is 3.43. The zero-order chi connectivity index (χ0) is 16.2. The molecule has 0 saturated carbocycles. The van der Waals surface area contributed by atoms with Crippen molar-refractivity contribution in [2.24, 2.45) is 0 Å². The lowest BCUT2D eigenvalue weighted by molar-refractivity contribution is -0.124. The summed E-state index contributed by atoms with van der Waals surface area (Å²) in [4.78, 5) is 28.5. The molecule has 1 aliphatic rings. The highest BCUT2D eigenvalue weighted by molar-refractivity contribution is 5.88. The predicted octanol–water partition coefficient (Wildman–Crippen LogP) is 2.14. The van der Waals surface area contributed by atoms with Gasteiger partial charge in [0, 0.05) is 30.2 Å². The van der Waals surface area contributed by atoms with Gasteiger partial charge in [0.1, 0.15) is 0 Å². The monoisotopic (exact) mass is 316 g/mol. The summed E-state index contributed by atoms with van der Waals surface area (Å²) in [6.07, 6.45) is 1.36. The third-order valence-electron chi connectivity index (χ3n) is 4.04. The Morgan fingerprint density at radius 1 is 1.39 bits per heavy atom. The van der Waals surface area contributed by atoms with Crippen molar-refractivity contribution in [3.8, 4) is 0 Å². The van der Waals surface area contributed by atoms with E-state index in [1.165, 1.54) is 10.9 Å². The summed E-state index contributed by atoms with van der Waals surface area (Å²) >= 11 is 0. The summed E-state index contributed by atoms with van der Waals surface area (Å²) < 4.78 is 9.76. The Hall–Kier alpha value is -2.34. The fourth-order valence-corrected chi connectivity index (χ4v) is 2.88. The van der Waals surface area contributed by atoms with Gasteiger partial charge >= 0.3 is 6.16 Å². The molecule has 1 atom stereocenters. The van der Waals surface area contributed by atoms with Crippen LogP contribution in [0.2, 0.25) is 0 Å². The van der Waals surface area contributed by atoms with Crippen LogP contribution in [0.5, 0.6) is 0 Å². The van der Waals surface area contributed by atoms with E-state index < -0.39 is 12.3 Å². The first kappa shape index (κ1) is 15.6. The molecule has 1 saturated heterocycles. The van der Waals surface area contributed by atoms with E-state index in [1.54, 1.807) is 6.92 Å². The number of H-pyrrole nitrogens is 1. The number of fused-ring (bicyclic) bond motifs is 1. The number of nitrogens with zero attached hydrogens (tertiary/aromatic N) is 1. The molecule has 2 aromatic rings. The number of likely N-dealkylation sites (tertiary alicyclic amines) is 1. The highest BCUT2D eigenvalue weighted by Gasteiger charge is 2.33. The smallest absolute Gasteiger partial charge is 0.435 e. The molecule has 0 spiro atoms. The Labute approximate surface area is 134 Å². The van der Waals surface area contributed by atoms with Crippen LogP contribution < -0.4 is 0 Å². The van der Waals surface area contributed by atoms with Gasteiger partial charge in [-0.05, 0) is 25.0 Å². The summed E-state index contributed by atoms with van der Waals surface area (Å²) in [6, 6.07) is 8.14. The number of hydrogen-bond acceptors (Lipinski definition) is 5. The van der Waals surface area contributed by atoms with Gasteiger partial charge in [0.15, 0.2) is 11.9 Å². The molecule has 1 fully saturated rings. The second-order valence-electron chi connectivity index (χ2n) is 5.60. The number of carbonyl (C=O) groups excluding carboxylic acids is 2.